The van der Waals surface area contributed by atoms with Crippen molar-refractivity contribution in [3.8, 4) is 0 Å². The highest BCUT2D eigenvalue weighted by atomic mass is 32.2. The topological polar surface area (TPSA) is 37.4 Å². The van der Waals surface area contributed by atoms with E-state index >= 15 is 0 Å². The zero-order valence-electron chi connectivity index (χ0n) is 13.4. The molecule has 120 valence electrons. The Labute approximate surface area is 141 Å². The standard InChI is InChI=1S/C18H19NO2S2/c1-12(2)17-16(11-14-9-10-22-18(14)17)19(4)23(20,21)15-7-5-13(3)6-8-15/h5-11,17H,1H2,2-4H3. The van der Waals surface area contributed by atoms with Gasteiger partial charge in [-0.3, -0.25) is 4.31 Å². The van der Waals surface area contributed by atoms with E-state index in [1.165, 1.54) is 9.18 Å². The number of fused-ring (bicyclic) bond motifs is 1. The van der Waals surface area contributed by atoms with Crippen LogP contribution in [0.15, 0.2) is 58.5 Å². The number of likely N-dealkylation sites (N-methyl/N-ethyl adjacent to an activating group) is 1. The molecule has 0 saturated carbocycles. The summed E-state index contributed by atoms with van der Waals surface area (Å²) < 4.78 is 27.3. The van der Waals surface area contributed by atoms with Gasteiger partial charge in [0.25, 0.3) is 10.0 Å². The number of benzene rings is 1. The van der Waals surface area contributed by atoms with Crippen molar-refractivity contribution in [2.24, 2.45) is 0 Å². The van der Waals surface area contributed by atoms with E-state index in [-0.39, 0.29) is 5.92 Å². The summed E-state index contributed by atoms with van der Waals surface area (Å²) in [6, 6.07) is 8.97. The lowest BCUT2D eigenvalue weighted by Gasteiger charge is -2.26. The van der Waals surface area contributed by atoms with Gasteiger partial charge in [0.15, 0.2) is 0 Å². The zero-order chi connectivity index (χ0) is 16.8. The molecule has 3 nitrogen and oxygen atoms in total. The molecule has 0 N–H and O–H groups in total. The lowest BCUT2D eigenvalue weighted by molar-refractivity contribution is 0.513. The average molecular weight is 345 g/mol. The molecule has 1 unspecified atom stereocenters. The summed E-state index contributed by atoms with van der Waals surface area (Å²) in [6.07, 6.45) is 1.96. The van der Waals surface area contributed by atoms with Gasteiger partial charge in [0.2, 0.25) is 0 Å². The Morgan fingerprint density at radius 3 is 2.48 bits per heavy atom. The van der Waals surface area contributed by atoms with E-state index in [2.05, 4.69) is 6.58 Å². The number of thiophene rings is 1. The number of allylic oxidation sites excluding steroid dienone is 1. The molecule has 1 aromatic carbocycles. The Balaban J connectivity index is 2.03. The molecule has 0 spiro atoms. The van der Waals surface area contributed by atoms with Crippen LogP contribution in [0.25, 0.3) is 6.08 Å². The van der Waals surface area contributed by atoms with Crippen LogP contribution in [0, 0.1) is 6.92 Å². The van der Waals surface area contributed by atoms with Gasteiger partial charge in [0, 0.05) is 17.6 Å². The molecule has 0 amide bonds. The molecule has 0 fully saturated rings. The van der Waals surface area contributed by atoms with E-state index in [1.54, 1.807) is 30.5 Å². The molecular formula is C18H19NO2S2. The first-order valence-electron chi connectivity index (χ1n) is 7.32. The van der Waals surface area contributed by atoms with Crippen LogP contribution in [0.3, 0.4) is 0 Å². The predicted octanol–water partition coefficient (Wildman–Crippen LogP) is 4.39. The van der Waals surface area contributed by atoms with Gasteiger partial charge in [-0.25, -0.2) is 8.42 Å². The van der Waals surface area contributed by atoms with Gasteiger partial charge >= 0.3 is 0 Å². The fraction of sp³-hybridized carbons (Fsp3) is 0.222. The minimum Gasteiger partial charge on any atom is -0.272 e. The molecule has 1 aliphatic rings. The quantitative estimate of drug-likeness (QED) is 0.771. The van der Waals surface area contributed by atoms with Crippen molar-refractivity contribution in [1.82, 2.24) is 4.31 Å². The Kier molecular flexibility index (Phi) is 3.94. The summed E-state index contributed by atoms with van der Waals surface area (Å²) in [6.45, 7) is 7.94. The van der Waals surface area contributed by atoms with Crippen molar-refractivity contribution in [3.05, 3.63) is 69.6 Å². The summed E-state index contributed by atoms with van der Waals surface area (Å²) >= 11 is 1.64. The lowest BCUT2D eigenvalue weighted by Crippen LogP contribution is -2.28. The molecule has 2 aromatic rings. The molecule has 1 aromatic heterocycles. The maximum atomic E-state index is 12.9. The third-order valence-corrected chi connectivity index (χ3v) is 6.92. The van der Waals surface area contributed by atoms with E-state index < -0.39 is 10.0 Å². The first kappa shape index (κ1) is 16.0. The molecule has 0 aliphatic heterocycles. The van der Waals surface area contributed by atoms with E-state index in [9.17, 15) is 8.42 Å². The lowest BCUT2D eigenvalue weighted by atomic mass is 10.00. The first-order chi connectivity index (χ1) is 10.8. The van der Waals surface area contributed by atoms with Gasteiger partial charge in [-0.05, 0) is 49.1 Å². The number of rotatable bonds is 4. The van der Waals surface area contributed by atoms with Crippen molar-refractivity contribution in [2.45, 2.75) is 24.7 Å². The van der Waals surface area contributed by atoms with Crippen molar-refractivity contribution in [3.63, 3.8) is 0 Å². The third-order valence-electron chi connectivity index (χ3n) is 4.12. The average Bonchev–Trinajstić information content (AvgIpc) is 3.06. The predicted molar refractivity (Wildman–Crippen MR) is 96.0 cm³/mol. The molecule has 5 heteroatoms. The number of hydrogen-bond acceptors (Lipinski definition) is 3. The summed E-state index contributed by atoms with van der Waals surface area (Å²) in [7, 11) is -1.95. The Bertz CT molecular complexity index is 889. The van der Waals surface area contributed by atoms with Crippen LogP contribution >= 0.6 is 11.3 Å². The molecule has 1 atom stereocenters. The van der Waals surface area contributed by atoms with Crippen LogP contribution in [0.2, 0.25) is 0 Å². The highest BCUT2D eigenvalue weighted by Crippen LogP contribution is 2.45. The summed E-state index contributed by atoms with van der Waals surface area (Å²) in [5.41, 5.74) is 3.83. The molecular weight excluding hydrogens is 326 g/mol. The molecule has 3 rings (SSSR count). The van der Waals surface area contributed by atoms with Crippen molar-refractivity contribution in [1.29, 1.82) is 0 Å². The van der Waals surface area contributed by atoms with E-state index in [1.807, 2.05) is 43.5 Å². The zero-order valence-corrected chi connectivity index (χ0v) is 15.0. The molecule has 23 heavy (non-hydrogen) atoms. The number of nitrogens with zero attached hydrogens (tertiary/aromatic N) is 1. The fourth-order valence-corrected chi connectivity index (χ4v) is 5.13. The second-order valence-electron chi connectivity index (χ2n) is 5.87. The first-order valence-corrected chi connectivity index (χ1v) is 9.64. The SMILES string of the molecule is C=C(C)C1C(N(C)S(=O)(=O)c2ccc(C)cc2)=Cc2ccsc21. The van der Waals surface area contributed by atoms with Gasteiger partial charge in [-0.1, -0.05) is 29.8 Å². The van der Waals surface area contributed by atoms with Crippen LogP contribution in [0.1, 0.15) is 28.8 Å². The highest BCUT2D eigenvalue weighted by Gasteiger charge is 2.34. The van der Waals surface area contributed by atoms with Gasteiger partial charge in [0.1, 0.15) is 0 Å². The van der Waals surface area contributed by atoms with E-state index in [0.29, 0.717) is 4.90 Å². The Morgan fingerprint density at radius 1 is 1.22 bits per heavy atom. The van der Waals surface area contributed by atoms with Crippen LogP contribution in [0.4, 0.5) is 0 Å². The third kappa shape index (κ3) is 2.64. The number of sulfonamides is 1. The summed E-state index contributed by atoms with van der Waals surface area (Å²) in [5, 5.41) is 2.03. The van der Waals surface area contributed by atoms with Crippen LogP contribution in [0.5, 0.6) is 0 Å². The normalized spacial score (nSPS) is 16.8. The Hall–Kier alpha value is -1.85. The maximum absolute atomic E-state index is 12.9. The van der Waals surface area contributed by atoms with Crippen LogP contribution < -0.4 is 0 Å². The largest absolute Gasteiger partial charge is 0.272 e. The Morgan fingerprint density at radius 2 is 1.87 bits per heavy atom. The molecule has 0 saturated heterocycles. The summed E-state index contributed by atoms with van der Waals surface area (Å²) in [4.78, 5) is 1.47. The molecule has 1 heterocycles. The summed E-state index contributed by atoms with van der Waals surface area (Å²) in [5.74, 6) is -0.0600. The van der Waals surface area contributed by atoms with Crippen LogP contribution in [-0.2, 0) is 10.0 Å². The van der Waals surface area contributed by atoms with Gasteiger partial charge in [-0.2, -0.15) is 0 Å². The van der Waals surface area contributed by atoms with E-state index in [4.69, 9.17) is 0 Å². The minimum absolute atomic E-state index is 0.0600. The number of hydrogen-bond donors (Lipinski definition) is 0. The van der Waals surface area contributed by atoms with Gasteiger partial charge < -0.3 is 0 Å². The molecule has 1 aliphatic carbocycles. The highest BCUT2D eigenvalue weighted by molar-refractivity contribution is 7.89. The fourth-order valence-electron chi connectivity index (χ4n) is 2.82. The maximum Gasteiger partial charge on any atom is 0.263 e. The van der Waals surface area contributed by atoms with Crippen molar-refractivity contribution in [2.75, 3.05) is 7.05 Å². The minimum atomic E-state index is -3.57. The molecule has 0 bridgehead atoms. The van der Waals surface area contributed by atoms with Crippen LogP contribution in [-0.4, -0.2) is 19.8 Å². The van der Waals surface area contributed by atoms with Gasteiger partial charge in [0.05, 0.1) is 10.8 Å². The van der Waals surface area contributed by atoms with Crippen molar-refractivity contribution < 1.29 is 8.42 Å². The number of aryl methyl sites for hydroxylation is 1. The van der Waals surface area contributed by atoms with Crippen molar-refractivity contribution >= 4 is 27.4 Å². The van der Waals surface area contributed by atoms with Gasteiger partial charge in [-0.15, -0.1) is 11.3 Å². The second kappa shape index (κ2) is 5.65. The molecule has 0 radical (unpaired) electrons. The monoisotopic (exact) mass is 345 g/mol. The smallest absolute Gasteiger partial charge is 0.263 e. The second-order valence-corrected chi connectivity index (χ2v) is 8.79. The van der Waals surface area contributed by atoms with E-state index in [0.717, 1.165) is 22.4 Å².